The molecule has 0 saturated heterocycles. The third-order valence-corrected chi connectivity index (χ3v) is 1.20. The first-order chi connectivity index (χ1) is 4.86. The van der Waals surface area contributed by atoms with Crippen LogP contribution >= 0.6 is 0 Å². The summed E-state index contributed by atoms with van der Waals surface area (Å²) in [5.74, 6) is 5.01. The Morgan fingerprint density at radius 3 is 1.67 bits per heavy atom. The molecule has 1 aromatic rings. The van der Waals surface area contributed by atoms with Crippen molar-refractivity contribution in [3.8, 4) is 24.7 Å². The monoisotopic (exact) mass is 140 g/mol. The van der Waals surface area contributed by atoms with Crippen LogP contribution in [-0.4, -0.2) is 37.7 Å². The van der Waals surface area contributed by atoms with Gasteiger partial charge in [-0.3, -0.25) is 0 Å². The average Bonchev–Trinajstić information content (AvgIpc) is 2.05. The van der Waals surface area contributed by atoms with Gasteiger partial charge in [0.1, 0.15) is 0 Å². The molecule has 0 aromatic heterocycles. The Hall–Kier alpha value is -0.465. The predicted molar refractivity (Wildman–Crippen MR) is 53.8 cm³/mol. The minimum atomic E-state index is 0. The van der Waals surface area contributed by atoms with Gasteiger partial charge in [0.25, 0.3) is 0 Å². The average molecular weight is 140 g/mol. The Labute approximate surface area is 97.5 Å². The quantitative estimate of drug-likeness (QED) is 0.370. The van der Waals surface area contributed by atoms with Crippen LogP contribution in [0.4, 0.5) is 0 Å². The summed E-state index contributed by atoms with van der Waals surface area (Å²) in [5.41, 5.74) is 1.66. The first-order valence-electron chi connectivity index (χ1n) is 2.90. The maximum absolute atomic E-state index is 5.15. The maximum Gasteiger partial charge on any atom is 0.0254 e. The molecule has 0 aliphatic rings. The Bertz CT molecular complexity index is 286. The van der Waals surface area contributed by atoms with Gasteiger partial charge >= 0.3 is 0 Å². The molecule has 0 spiro atoms. The van der Waals surface area contributed by atoms with E-state index in [0.29, 0.717) is 0 Å². The van der Waals surface area contributed by atoms with Crippen LogP contribution in [0.25, 0.3) is 0 Å². The Kier molecular flexibility index (Phi) is 8.45. The first kappa shape index (κ1) is 14.1. The fraction of sp³-hybridized carbons (Fsp3) is 0. The number of terminal acetylenes is 2. The van der Waals surface area contributed by atoms with E-state index in [1.54, 1.807) is 6.07 Å². The van der Waals surface area contributed by atoms with Gasteiger partial charge < -0.3 is 0 Å². The van der Waals surface area contributed by atoms with Gasteiger partial charge in [0.2, 0.25) is 0 Å². The van der Waals surface area contributed by atoms with Gasteiger partial charge in [-0.1, -0.05) is 17.9 Å². The minimum Gasteiger partial charge on any atom is -0.115 e. The summed E-state index contributed by atoms with van der Waals surface area (Å²) < 4.78 is 0. The van der Waals surface area contributed by atoms with Crippen molar-refractivity contribution < 1.29 is 0 Å². The van der Waals surface area contributed by atoms with Crippen molar-refractivity contribution in [1.82, 2.24) is 0 Å². The van der Waals surface area contributed by atoms with E-state index < -0.39 is 0 Å². The molecule has 1 rings (SSSR count). The van der Waals surface area contributed by atoms with E-state index in [9.17, 15) is 0 Å². The van der Waals surface area contributed by atoms with Crippen molar-refractivity contribution in [3.05, 3.63) is 35.4 Å². The van der Waals surface area contributed by atoms with Crippen molar-refractivity contribution in [2.75, 3.05) is 0 Å². The van der Waals surface area contributed by atoms with Crippen LogP contribution in [-0.2, 0) is 0 Å². The molecule has 0 aliphatic carbocycles. The number of hydrogen-bond donors (Lipinski definition) is 0. The second kappa shape index (κ2) is 7.20. The van der Waals surface area contributed by atoms with Crippen molar-refractivity contribution in [2.24, 2.45) is 0 Å². The molecule has 48 valence electrons. The smallest absolute Gasteiger partial charge is 0.0254 e. The molecule has 0 saturated carbocycles. The van der Waals surface area contributed by atoms with E-state index >= 15 is 0 Å². The summed E-state index contributed by atoms with van der Waals surface area (Å²) in [6.07, 6.45) is 10.3. The molecule has 2 radical (unpaired) electrons. The third kappa shape index (κ3) is 3.79. The Morgan fingerprint density at radius 2 is 1.33 bits per heavy atom. The molecule has 0 N–H and O–H groups in total. The van der Waals surface area contributed by atoms with Crippen LogP contribution in [0.5, 0.6) is 0 Å². The number of hydrogen-bond acceptors (Lipinski definition) is 0. The zero-order valence-electron chi connectivity index (χ0n) is 7.46. The molecule has 0 atom stereocenters. The number of rotatable bonds is 0. The second-order valence-electron chi connectivity index (χ2n) is 1.87. The summed E-state index contributed by atoms with van der Waals surface area (Å²) in [7, 11) is 0. The molecule has 0 amide bonds. The van der Waals surface area contributed by atoms with Crippen molar-refractivity contribution in [2.45, 2.75) is 0 Å². The van der Waals surface area contributed by atoms with E-state index in [0.717, 1.165) is 11.1 Å². The van der Waals surface area contributed by atoms with Crippen LogP contribution in [0, 0.1) is 24.7 Å². The molecule has 0 heterocycles. The first-order valence-corrected chi connectivity index (χ1v) is 2.90. The van der Waals surface area contributed by atoms with Crippen molar-refractivity contribution in [1.29, 1.82) is 0 Å². The summed E-state index contributed by atoms with van der Waals surface area (Å²) in [5, 5.41) is 0. The minimum absolute atomic E-state index is 0. The molecule has 0 aliphatic heterocycles. The Morgan fingerprint density at radius 1 is 0.917 bits per heavy atom. The molecular formula is C10H6Li2. The van der Waals surface area contributed by atoms with Gasteiger partial charge in [0.05, 0.1) is 0 Å². The van der Waals surface area contributed by atoms with E-state index in [-0.39, 0.29) is 37.7 Å². The van der Waals surface area contributed by atoms with Crippen LogP contribution < -0.4 is 0 Å². The standard InChI is InChI=1S/C10H6.2Li/c1-3-9-6-5-7-10(4-2)8-9;;/h1-2,5-8H;;. The van der Waals surface area contributed by atoms with Crippen LogP contribution in [0.3, 0.4) is 0 Å². The summed E-state index contributed by atoms with van der Waals surface area (Å²) in [6.45, 7) is 0. The van der Waals surface area contributed by atoms with Gasteiger partial charge in [-0.15, -0.1) is 12.8 Å². The maximum atomic E-state index is 5.15. The van der Waals surface area contributed by atoms with Gasteiger partial charge in [0.15, 0.2) is 0 Å². The van der Waals surface area contributed by atoms with Crippen LogP contribution in [0.15, 0.2) is 24.3 Å². The predicted octanol–water partition coefficient (Wildman–Crippen LogP) is 0.888. The SMILES string of the molecule is C#Cc1cccc(C#C)c1.[Li].[Li]. The summed E-state index contributed by atoms with van der Waals surface area (Å²) in [4.78, 5) is 0. The topological polar surface area (TPSA) is 0 Å². The van der Waals surface area contributed by atoms with Gasteiger partial charge in [0, 0.05) is 48.8 Å². The molecule has 0 bridgehead atoms. The molecule has 0 fully saturated rings. The Balaban J connectivity index is 0. The number of benzene rings is 1. The molecule has 2 heteroatoms. The molecule has 0 nitrogen and oxygen atoms in total. The van der Waals surface area contributed by atoms with E-state index in [2.05, 4.69) is 11.8 Å². The zero-order chi connectivity index (χ0) is 7.40. The van der Waals surface area contributed by atoms with E-state index in [4.69, 9.17) is 12.8 Å². The normalized spacial score (nSPS) is 6.50. The van der Waals surface area contributed by atoms with Crippen LogP contribution in [0.1, 0.15) is 11.1 Å². The molecule has 12 heavy (non-hydrogen) atoms. The summed E-state index contributed by atoms with van der Waals surface area (Å²) >= 11 is 0. The third-order valence-electron chi connectivity index (χ3n) is 1.20. The molecule has 0 unspecified atom stereocenters. The molecule has 1 aromatic carbocycles. The molecular weight excluding hydrogens is 134 g/mol. The fourth-order valence-electron chi connectivity index (χ4n) is 0.699. The van der Waals surface area contributed by atoms with Crippen molar-refractivity contribution >= 4 is 37.7 Å². The summed E-state index contributed by atoms with van der Waals surface area (Å²) in [6, 6.07) is 7.35. The van der Waals surface area contributed by atoms with Gasteiger partial charge in [-0.2, -0.15) is 0 Å². The fourth-order valence-corrected chi connectivity index (χ4v) is 0.699. The zero-order valence-corrected chi connectivity index (χ0v) is 7.46. The van der Waals surface area contributed by atoms with Crippen LogP contribution in [0.2, 0.25) is 0 Å². The van der Waals surface area contributed by atoms with Gasteiger partial charge in [-0.05, 0) is 18.2 Å². The second-order valence-corrected chi connectivity index (χ2v) is 1.87. The van der Waals surface area contributed by atoms with Crippen molar-refractivity contribution in [3.63, 3.8) is 0 Å². The van der Waals surface area contributed by atoms with E-state index in [1.165, 1.54) is 0 Å². The largest absolute Gasteiger partial charge is 0.115 e. The van der Waals surface area contributed by atoms with E-state index in [1.807, 2.05) is 18.2 Å². The van der Waals surface area contributed by atoms with Gasteiger partial charge in [-0.25, -0.2) is 0 Å².